The summed E-state index contributed by atoms with van der Waals surface area (Å²) in [5.41, 5.74) is 0. The monoisotopic (exact) mass is 251 g/mol. The molecule has 1 heterocycles. The number of carbonyl (C=O) groups excluding carboxylic acids is 1. The van der Waals surface area contributed by atoms with E-state index in [4.69, 9.17) is 5.11 Å². The zero-order valence-corrected chi connectivity index (χ0v) is 10.1. The van der Waals surface area contributed by atoms with E-state index >= 15 is 0 Å². The molecule has 1 amide bonds. The minimum Gasteiger partial charge on any atom is -0.481 e. The second-order valence-corrected chi connectivity index (χ2v) is 4.66. The molecule has 0 aliphatic heterocycles. The van der Waals surface area contributed by atoms with Crippen LogP contribution in [0.15, 0.2) is 18.7 Å². The molecule has 1 aliphatic carbocycles. The zero-order valence-electron chi connectivity index (χ0n) is 10.1. The molecule has 2 N–H and O–H groups in total. The normalized spacial score (nSPS) is 22.9. The highest BCUT2D eigenvalue weighted by atomic mass is 16.4. The number of carboxylic acid groups (broad SMARTS) is 1. The zero-order chi connectivity index (χ0) is 13.0. The molecule has 6 nitrogen and oxygen atoms in total. The minimum atomic E-state index is -0.759. The van der Waals surface area contributed by atoms with Gasteiger partial charge in [-0.25, -0.2) is 4.98 Å². The third-order valence-corrected chi connectivity index (χ3v) is 3.30. The smallest absolute Gasteiger partial charge is 0.306 e. The van der Waals surface area contributed by atoms with Crippen molar-refractivity contribution < 1.29 is 14.7 Å². The Labute approximate surface area is 105 Å². The van der Waals surface area contributed by atoms with Crippen LogP contribution in [0.3, 0.4) is 0 Å². The van der Waals surface area contributed by atoms with Crippen molar-refractivity contribution in [3.05, 3.63) is 18.7 Å². The molecule has 2 atom stereocenters. The van der Waals surface area contributed by atoms with E-state index in [1.807, 2.05) is 10.8 Å². The van der Waals surface area contributed by atoms with Crippen molar-refractivity contribution in [1.82, 2.24) is 14.9 Å². The second-order valence-electron chi connectivity index (χ2n) is 4.66. The maximum Gasteiger partial charge on any atom is 0.306 e. The Kier molecular flexibility index (Phi) is 3.96. The molecule has 0 unspecified atom stereocenters. The summed E-state index contributed by atoms with van der Waals surface area (Å²) in [6.07, 6.45) is 7.51. The molecule has 0 bridgehead atoms. The number of carboxylic acids is 1. The average molecular weight is 251 g/mol. The van der Waals surface area contributed by atoms with Crippen LogP contribution in [-0.2, 0) is 16.1 Å². The highest BCUT2D eigenvalue weighted by Gasteiger charge is 2.30. The van der Waals surface area contributed by atoms with Crippen molar-refractivity contribution in [2.75, 3.05) is 0 Å². The average Bonchev–Trinajstić information content (AvgIpc) is 2.96. The van der Waals surface area contributed by atoms with Crippen LogP contribution in [0, 0.1) is 5.92 Å². The van der Waals surface area contributed by atoms with Crippen LogP contribution < -0.4 is 5.32 Å². The first kappa shape index (κ1) is 12.6. The Morgan fingerprint density at radius 1 is 1.44 bits per heavy atom. The Morgan fingerprint density at radius 2 is 2.28 bits per heavy atom. The van der Waals surface area contributed by atoms with E-state index in [2.05, 4.69) is 10.3 Å². The molecule has 1 fully saturated rings. The standard InChI is InChI=1S/C12H17N3O3/c16-11(3-5-15-6-4-13-8-15)14-10-2-1-9(7-10)12(17)18/h4,6,8-10H,1-3,5,7H2,(H,14,16)(H,17,18)/t9-,10+/m1/s1. The number of carbonyl (C=O) groups is 2. The van der Waals surface area contributed by atoms with Gasteiger partial charge in [-0.05, 0) is 19.3 Å². The van der Waals surface area contributed by atoms with Gasteiger partial charge in [0.15, 0.2) is 0 Å². The largest absolute Gasteiger partial charge is 0.481 e. The number of aliphatic carboxylic acids is 1. The van der Waals surface area contributed by atoms with Crippen molar-refractivity contribution >= 4 is 11.9 Å². The maximum atomic E-state index is 11.7. The van der Waals surface area contributed by atoms with Crippen LogP contribution in [0.1, 0.15) is 25.7 Å². The van der Waals surface area contributed by atoms with Gasteiger partial charge < -0.3 is 15.0 Å². The first-order valence-corrected chi connectivity index (χ1v) is 6.13. The van der Waals surface area contributed by atoms with Crippen LogP contribution >= 0.6 is 0 Å². The highest BCUT2D eigenvalue weighted by Crippen LogP contribution is 2.25. The van der Waals surface area contributed by atoms with Crippen molar-refractivity contribution in [3.63, 3.8) is 0 Å². The van der Waals surface area contributed by atoms with Gasteiger partial charge in [-0.1, -0.05) is 0 Å². The Hall–Kier alpha value is -1.85. The molecule has 2 rings (SSSR count). The van der Waals surface area contributed by atoms with Gasteiger partial charge in [0.05, 0.1) is 12.2 Å². The highest BCUT2D eigenvalue weighted by molar-refractivity contribution is 5.76. The fourth-order valence-electron chi connectivity index (χ4n) is 2.29. The topological polar surface area (TPSA) is 84.2 Å². The molecular weight excluding hydrogens is 234 g/mol. The van der Waals surface area contributed by atoms with Crippen LogP contribution in [0.25, 0.3) is 0 Å². The summed E-state index contributed by atoms with van der Waals surface area (Å²) in [7, 11) is 0. The molecule has 18 heavy (non-hydrogen) atoms. The van der Waals surface area contributed by atoms with Crippen molar-refractivity contribution in [3.8, 4) is 0 Å². The van der Waals surface area contributed by atoms with Gasteiger partial charge in [0.1, 0.15) is 0 Å². The summed E-state index contributed by atoms with van der Waals surface area (Å²) in [6, 6.07) is 0.0152. The molecule has 0 aromatic carbocycles. The van der Waals surface area contributed by atoms with Gasteiger partial charge in [0.2, 0.25) is 5.91 Å². The summed E-state index contributed by atoms with van der Waals surface area (Å²) < 4.78 is 1.84. The molecule has 1 saturated carbocycles. The predicted molar refractivity (Wildman–Crippen MR) is 63.8 cm³/mol. The lowest BCUT2D eigenvalue weighted by Gasteiger charge is -2.12. The number of nitrogens with zero attached hydrogens (tertiary/aromatic N) is 2. The first-order chi connectivity index (χ1) is 8.65. The summed E-state index contributed by atoms with van der Waals surface area (Å²) in [4.78, 5) is 26.4. The Morgan fingerprint density at radius 3 is 2.89 bits per heavy atom. The lowest BCUT2D eigenvalue weighted by Crippen LogP contribution is -2.33. The van der Waals surface area contributed by atoms with Crippen LogP contribution in [0.2, 0.25) is 0 Å². The van der Waals surface area contributed by atoms with Gasteiger partial charge in [0.25, 0.3) is 0 Å². The van der Waals surface area contributed by atoms with Gasteiger partial charge >= 0.3 is 5.97 Å². The van der Waals surface area contributed by atoms with E-state index in [1.165, 1.54) is 0 Å². The van der Waals surface area contributed by atoms with E-state index in [1.54, 1.807) is 12.5 Å². The van der Waals surface area contributed by atoms with Gasteiger partial charge in [-0.15, -0.1) is 0 Å². The van der Waals surface area contributed by atoms with Crippen LogP contribution in [0.5, 0.6) is 0 Å². The van der Waals surface area contributed by atoms with Gasteiger partial charge in [-0.3, -0.25) is 9.59 Å². The fourth-order valence-corrected chi connectivity index (χ4v) is 2.29. The van der Waals surface area contributed by atoms with Crippen molar-refractivity contribution in [2.45, 2.75) is 38.3 Å². The van der Waals surface area contributed by atoms with Crippen LogP contribution in [-0.4, -0.2) is 32.6 Å². The molecule has 0 spiro atoms. The summed E-state index contributed by atoms with van der Waals surface area (Å²) in [6.45, 7) is 0.598. The summed E-state index contributed by atoms with van der Waals surface area (Å²) >= 11 is 0. The molecule has 98 valence electrons. The predicted octanol–water partition coefficient (Wildman–Crippen LogP) is 0.643. The lowest BCUT2D eigenvalue weighted by atomic mass is 10.1. The summed E-state index contributed by atoms with van der Waals surface area (Å²) in [5, 5.41) is 11.8. The number of hydrogen-bond acceptors (Lipinski definition) is 3. The molecule has 0 saturated heterocycles. The van der Waals surface area contributed by atoms with E-state index < -0.39 is 5.97 Å². The Balaban J connectivity index is 1.70. The quantitative estimate of drug-likeness (QED) is 0.804. The third-order valence-electron chi connectivity index (χ3n) is 3.30. The molecule has 6 heteroatoms. The molecule has 0 radical (unpaired) electrons. The number of aromatic nitrogens is 2. The summed E-state index contributed by atoms with van der Waals surface area (Å²) in [5.74, 6) is -1.09. The number of aryl methyl sites for hydroxylation is 1. The molecule has 1 aliphatic rings. The van der Waals surface area contributed by atoms with Gasteiger partial charge in [0, 0.05) is 31.4 Å². The SMILES string of the molecule is O=C(CCn1ccnc1)N[C@H]1CC[C@@H](C(=O)O)C1. The van der Waals surface area contributed by atoms with E-state index in [9.17, 15) is 9.59 Å². The molecule has 1 aromatic rings. The van der Waals surface area contributed by atoms with E-state index in [0.717, 1.165) is 6.42 Å². The minimum absolute atomic E-state index is 0.0152. The molecule has 1 aromatic heterocycles. The number of rotatable bonds is 5. The van der Waals surface area contributed by atoms with Crippen molar-refractivity contribution in [2.24, 2.45) is 5.92 Å². The molecular formula is C12H17N3O3. The maximum absolute atomic E-state index is 11.7. The Bertz CT molecular complexity index is 416. The van der Waals surface area contributed by atoms with E-state index in [0.29, 0.717) is 25.8 Å². The van der Waals surface area contributed by atoms with Crippen LogP contribution in [0.4, 0.5) is 0 Å². The first-order valence-electron chi connectivity index (χ1n) is 6.13. The second kappa shape index (κ2) is 5.66. The number of hydrogen-bond donors (Lipinski definition) is 2. The van der Waals surface area contributed by atoms with Crippen molar-refractivity contribution in [1.29, 1.82) is 0 Å². The number of imidazole rings is 1. The lowest BCUT2D eigenvalue weighted by molar-refractivity contribution is -0.141. The number of amides is 1. The van der Waals surface area contributed by atoms with Gasteiger partial charge in [-0.2, -0.15) is 0 Å². The van der Waals surface area contributed by atoms with E-state index in [-0.39, 0.29) is 17.9 Å². The fraction of sp³-hybridized carbons (Fsp3) is 0.583. The number of nitrogens with one attached hydrogen (secondary N) is 1. The third kappa shape index (κ3) is 3.32.